The summed E-state index contributed by atoms with van der Waals surface area (Å²) < 4.78 is 25.9. The van der Waals surface area contributed by atoms with Crippen LogP contribution in [0.15, 0.2) is 29.2 Å². The fourth-order valence-corrected chi connectivity index (χ4v) is 2.13. The van der Waals surface area contributed by atoms with Gasteiger partial charge in [0.1, 0.15) is 5.75 Å². The van der Waals surface area contributed by atoms with Gasteiger partial charge in [-0.05, 0) is 38.4 Å². The molecule has 0 unspecified atom stereocenters. The first-order valence-corrected chi connectivity index (χ1v) is 6.33. The van der Waals surface area contributed by atoms with Gasteiger partial charge in [-0.1, -0.05) is 0 Å². The molecule has 0 spiro atoms. The highest BCUT2D eigenvalue weighted by Crippen LogP contribution is 2.13. The monoisotopic (exact) mass is 244 g/mol. The van der Waals surface area contributed by atoms with Crippen LogP contribution in [0.25, 0.3) is 0 Å². The maximum Gasteiger partial charge on any atom is 0.240 e. The molecule has 0 fully saturated rings. The Morgan fingerprint density at radius 2 is 1.81 bits per heavy atom. The molecule has 0 saturated carbocycles. The Labute approximate surface area is 95.8 Å². The molecule has 90 valence electrons. The van der Waals surface area contributed by atoms with E-state index in [-0.39, 0.29) is 10.6 Å². The predicted octanol–water partition coefficient (Wildman–Crippen LogP) is 0.232. The van der Waals surface area contributed by atoms with Crippen LogP contribution < -0.4 is 4.72 Å². The summed E-state index contributed by atoms with van der Waals surface area (Å²) >= 11 is 0. The molecule has 5 nitrogen and oxygen atoms in total. The molecule has 2 N–H and O–H groups in total. The van der Waals surface area contributed by atoms with Crippen LogP contribution in [0.4, 0.5) is 0 Å². The Bertz CT molecular complexity index is 426. The normalized spacial score (nSPS) is 11.9. The minimum absolute atomic E-state index is 0.0484. The van der Waals surface area contributed by atoms with Crippen molar-refractivity contribution in [1.29, 1.82) is 0 Å². The molecule has 0 aliphatic heterocycles. The Morgan fingerprint density at radius 3 is 2.31 bits per heavy atom. The SMILES string of the molecule is CN(C)CCNS(=O)(=O)c1ccc(O)cc1. The highest BCUT2D eigenvalue weighted by atomic mass is 32.2. The summed E-state index contributed by atoms with van der Waals surface area (Å²) in [7, 11) is 0.279. The second kappa shape index (κ2) is 5.29. The number of nitrogens with one attached hydrogen (secondary N) is 1. The van der Waals surface area contributed by atoms with Crippen molar-refractivity contribution in [3.8, 4) is 5.75 Å². The average Bonchev–Trinajstić information content (AvgIpc) is 2.17. The fraction of sp³-hybridized carbons (Fsp3) is 0.400. The topological polar surface area (TPSA) is 69.6 Å². The van der Waals surface area contributed by atoms with Crippen molar-refractivity contribution in [3.63, 3.8) is 0 Å². The third-order valence-corrected chi connectivity index (χ3v) is 3.48. The highest BCUT2D eigenvalue weighted by Gasteiger charge is 2.12. The first-order chi connectivity index (χ1) is 7.42. The molecule has 0 bridgehead atoms. The van der Waals surface area contributed by atoms with E-state index in [9.17, 15) is 8.42 Å². The fourth-order valence-electron chi connectivity index (χ4n) is 1.11. The van der Waals surface area contributed by atoms with Gasteiger partial charge in [0.15, 0.2) is 0 Å². The van der Waals surface area contributed by atoms with Crippen molar-refractivity contribution >= 4 is 10.0 Å². The van der Waals surface area contributed by atoms with Gasteiger partial charge in [-0.2, -0.15) is 0 Å². The van der Waals surface area contributed by atoms with Gasteiger partial charge in [0, 0.05) is 13.1 Å². The molecule has 0 amide bonds. The standard InChI is InChI=1S/C10H16N2O3S/c1-12(2)8-7-11-16(14,15)10-5-3-9(13)4-6-10/h3-6,11,13H,7-8H2,1-2H3. The third kappa shape index (κ3) is 3.80. The average molecular weight is 244 g/mol. The zero-order valence-corrected chi connectivity index (χ0v) is 10.2. The number of hydrogen-bond acceptors (Lipinski definition) is 4. The minimum atomic E-state index is -3.46. The minimum Gasteiger partial charge on any atom is -0.508 e. The molecule has 0 aromatic heterocycles. The smallest absolute Gasteiger partial charge is 0.240 e. The quantitative estimate of drug-likeness (QED) is 0.778. The molecule has 1 rings (SSSR count). The van der Waals surface area contributed by atoms with E-state index in [1.807, 2.05) is 19.0 Å². The van der Waals surface area contributed by atoms with Crippen LogP contribution in [-0.4, -0.2) is 45.6 Å². The number of likely N-dealkylation sites (N-methyl/N-ethyl adjacent to an activating group) is 1. The lowest BCUT2D eigenvalue weighted by atomic mass is 10.3. The van der Waals surface area contributed by atoms with E-state index in [0.29, 0.717) is 13.1 Å². The lowest BCUT2D eigenvalue weighted by Crippen LogP contribution is -2.31. The van der Waals surface area contributed by atoms with Crippen LogP contribution in [0.2, 0.25) is 0 Å². The number of phenolic OH excluding ortho intramolecular Hbond substituents is 1. The van der Waals surface area contributed by atoms with E-state index in [0.717, 1.165) is 0 Å². The number of hydrogen-bond donors (Lipinski definition) is 2. The van der Waals surface area contributed by atoms with E-state index in [4.69, 9.17) is 5.11 Å². The van der Waals surface area contributed by atoms with Gasteiger partial charge in [-0.25, -0.2) is 13.1 Å². The molecule has 0 heterocycles. The summed E-state index contributed by atoms with van der Waals surface area (Å²) in [4.78, 5) is 2.04. The summed E-state index contributed by atoms with van der Waals surface area (Å²) in [6.45, 7) is 0.994. The van der Waals surface area contributed by atoms with Gasteiger partial charge in [0.25, 0.3) is 0 Å². The summed E-state index contributed by atoms with van der Waals surface area (Å²) in [5.41, 5.74) is 0. The van der Waals surface area contributed by atoms with E-state index >= 15 is 0 Å². The molecule has 6 heteroatoms. The molecule has 1 aromatic carbocycles. The van der Waals surface area contributed by atoms with E-state index in [1.165, 1.54) is 24.3 Å². The van der Waals surface area contributed by atoms with Gasteiger partial charge >= 0.3 is 0 Å². The lowest BCUT2D eigenvalue weighted by Gasteiger charge is -2.10. The first kappa shape index (κ1) is 13.0. The van der Waals surface area contributed by atoms with Gasteiger partial charge in [0.05, 0.1) is 4.90 Å². The van der Waals surface area contributed by atoms with Crippen LogP contribution in [0.3, 0.4) is 0 Å². The van der Waals surface area contributed by atoms with Crippen molar-refractivity contribution in [2.45, 2.75) is 4.90 Å². The number of aromatic hydroxyl groups is 1. The van der Waals surface area contributed by atoms with Crippen LogP contribution in [0.5, 0.6) is 5.75 Å². The zero-order chi connectivity index (χ0) is 12.2. The van der Waals surface area contributed by atoms with Crippen molar-refractivity contribution in [1.82, 2.24) is 9.62 Å². The van der Waals surface area contributed by atoms with Crippen molar-refractivity contribution in [3.05, 3.63) is 24.3 Å². The van der Waals surface area contributed by atoms with E-state index in [1.54, 1.807) is 0 Å². The second-order valence-electron chi connectivity index (χ2n) is 3.69. The molecule has 1 aromatic rings. The molecule has 0 aliphatic rings. The number of nitrogens with zero attached hydrogens (tertiary/aromatic N) is 1. The molecule has 0 saturated heterocycles. The Morgan fingerprint density at radius 1 is 1.25 bits per heavy atom. The number of phenols is 1. The van der Waals surface area contributed by atoms with Gasteiger partial charge < -0.3 is 10.0 Å². The molecule has 0 atom stereocenters. The summed E-state index contributed by atoms with van der Waals surface area (Å²) in [6, 6.07) is 5.43. The Kier molecular flexibility index (Phi) is 4.28. The second-order valence-corrected chi connectivity index (χ2v) is 5.46. The van der Waals surface area contributed by atoms with Crippen molar-refractivity contribution in [2.24, 2.45) is 0 Å². The maximum absolute atomic E-state index is 11.7. The molecular formula is C10H16N2O3S. The van der Waals surface area contributed by atoms with E-state index < -0.39 is 10.0 Å². The Balaban J connectivity index is 2.67. The Hall–Kier alpha value is -1.11. The molecule has 16 heavy (non-hydrogen) atoms. The van der Waals surface area contributed by atoms with Crippen LogP contribution in [-0.2, 0) is 10.0 Å². The zero-order valence-electron chi connectivity index (χ0n) is 9.34. The molecule has 0 radical (unpaired) electrons. The van der Waals surface area contributed by atoms with Crippen LogP contribution in [0, 0.1) is 0 Å². The van der Waals surface area contributed by atoms with Gasteiger partial charge in [-0.3, -0.25) is 0 Å². The summed E-state index contributed by atoms with van der Waals surface area (Å²) in [5.74, 6) is 0.0484. The van der Waals surface area contributed by atoms with Gasteiger partial charge in [0.2, 0.25) is 10.0 Å². The highest BCUT2D eigenvalue weighted by molar-refractivity contribution is 7.89. The lowest BCUT2D eigenvalue weighted by molar-refractivity contribution is 0.412. The molecular weight excluding hydrogens is 228 g/mol. The number of sulfonamides is 1. The summed E-state index contributed by atoms with van der Waals surface area (Å²) in [6.07, 6.45) is 0. The number of rotatable bonds is 5. The van der Waals surface area contributed by atoms with Crippen molar-refractivity contribution in [2.75, 3.05) is 27.2 Å². The third-order valence-electron chi connectivity index (χ3n) is 2.00. The summed E-state index contributed by atoms with van der Waals surface area (Å²) in [5, 5.41) is 9.05. The maximum atomic E-state index is 11.7. The van der Waals surface area contributed by atoms with Crippen LogP contribution in [0.1, 0.15) is 0 Å². The van der Waals surface area contributed by atoms with Crippen LogP contribution >= 0.6 is 0 Å². The predicted molar refractivity (Wildman–Crippen MR) is 61.8 cm³/mol. The van der Waals surface area contributed by atoms with E-state index in [2.05, 4.69) is 4.72 Å². The first-order valence-electron chi connectivity index (χ1n) is 4.85. The van der Waals surface area contributed by atoms with Gasteiger partial charge in [-0.15, -0.1) is 0 Å². The number of benzene rings is 1. The van der Waals surface area contributed by atoms with Crippen molar-refractivity contribution < 1.29 is 13.5 Å². The molecule has 0 aliphatic carbocycles. The largest absolute Gasteiger partial charge is 0.508 e.